The third-order valence-corrected chi connectivity index (χ3v) is 5.16. The van der Waals surface area contributed by atoms with E-state index in [2.05, 4.69) is 25.5 Å². The van der Waals surface area contributed by atoms with Crippen LogP contribution in [0, 0.1) is 5.82 Å². The van der Waals surface area contributed by atoms with Gasteiger partial charge in [0.25, 0.3) is 0 Å². The Bertz CT molecular complexity index is 1230. The molecular formula is C17H10FN7S. The highest BCUT2D eigenvalue weighted by Gasteiger charge is 2.20. The lowest BCUT2D eigenvalue weighted by molar-refractivity contribution is 0.628. The zero-order valence-corrected chi connectivity index (χ0v) is 14.0. The van der Waals surface area contributed by atoms with E-state index in [4.69, 9.17) is 5.73 Å². The minimum absolute atomic E-state index is 0.209. The molecule has 126 valence electrons. The van der Waals surface area contributed by atoms with E-state index >= 15 is 0 Å². The van der Waals surface area contributed by atoms with Gasteiger partial charge in [0.1, 0.15) is 17.2 Å². The number of pyridine rings is 1. The van der Waals surface area contributed by atoms with Gasteiger partial charge in [0, 0.05) is 28.0 Å². The smallest absolute Gasteiger partial charge is 0.222 e. The topological polar surface area (TPSA) is 94.9 Å². The number of anilines is 1. The lowest BCUT2D eigenvalue weighted by Gasteiger charge is -2.10. The summed E-state index contributed by atoms with van der Waals surface area (Å²) in [7, 11) is 0. The Balaban J connectivity index is 1.87. The van der Waals surface area contributed by atoms with Crippen molar-refractivity contribution in [2.75, 3.05) is 5.73 Å². The number of nitrogens with zero attached hydrogens (tertiary/aromatic N) is 6. The zero-order valence-electron chi connectivity index (χ0n) is 13.2. The van der Waals surface area contributed by atoms with Crippen molar-refractivity contribution in [2.45, 2.75) is 0 Å². The summed E-state index contributed by atoms with van der Waals surface area (Å²) in [4.78, 5) is 9.58. The van der Waals surface area contributed by atoms with Gasteiger partial charge in [-0.2, -0.15) is 4.52 Å². The first-order chi connectivity index (χ1) is 12.7. The standard InChI is InChI=1S/C17H10FN7S/c18-11-3-1-9(2-4-11)14-15(25-17(16(19)21-14)22-23-24-25)13-7-10-8-20-6-5-12(10)26-13/h1-8H,(H2,19,21). The van der Waals surface area contributed by atoms with E-state index in [0.717, 1.165) is 20.5 Å². The van der Waals surface area contributed by atoms with E-state index in [-0.39, 0.29) is 11.6 Å². The molecule has 0 spiro atoms. The van der Waals surface area contributed by atoms with Gasteiger partial charge in [0.2, 0.25) is 5.65 Å². The molecule has 5 aromatic rings. The van der Waals surface area contributed by atoms with Crippen LogP contribution in [0.15, 0.2) is 48.8 Å². The molecule has 0 aliphatic heterocycles. The summed E-state index contributed by atoms with van der Waals surface area (Å²) < 4.78 is 16.0. The number of thiophene rings is 1. The maximum Gasteiger partial charge on any atom is 0.222 e. The number of fused-ring (bicyclic) bond motifs is 2. The number of rotatable bonds is 2. The molecule has 7 nitrogen and oxygen atoms in total. The summed E-state index contributed by atoms with van der Waals surface area (Å²) in [6, 6.07) is 10.0. The molecular weight excluding hydrogens is 353 g/mol. The minimum atomic E-state index is -0.320. The minimum Gasteiger partial charge on any atom is -0.380 e. The van der Waals surface area contributed by atoms with E-state index in [1.807, 2.05) is 12.1 Å². The van der Waals surface area contributed by atoms with Crippen LogP contribution in [0.1, 0.15) is 0 Å². The fourth-order valence-corrected chi connectivity index (χ4v) is 3.91. The van der Waals surface area contributed by atoms with Crippen LogP contribution in [-0.4, -0.2) is 30.0 Å². The Morgan fingerprint density at radius 3 is 2.77 bits per heavy atom. The SMILES string of the molecule is Nc1nc(-c2ccc(F)cc2)c(-c2cc3cnccc3s2)n2nnnc12. The zero-order chi connectivity index (χ0) is 17.7. The molecule has 4 heterocycles. The second-order valence-electron chi connectivity index (χ2n) is 5.64. The van der Waals surface area contributed by atoms with Crippen LogP contribution in [0.4, 0.5) is 10.2 Å². The highest BCUT2D eigenvalue weighted by atomic mass is 32.1. The van der Waals surface area contributed by atoms with Crippen molar-refractivity contribution < 1.29 is 4.39 Å². The molecule has 9 heteroatoms. The van der Waals surface area contributed by atoms with Gasteiger partial charge in [-0.15, -0.1) is 16.4 Å². The molecule has 0 aliphatic carbocycles. The van der Waals surface area contributed by atoms with Crippen molar-refractivity contribution in [3.05, 3.63) is 54.6 Å². The van der Waals surface area contributed by atoms with Crippen molar-refractivity contribution in [2.24, 2.45) is 0 Å². The normalized spacial score (nSPS) is 11.4. The molecule has 0 aliphatic rings. The second kappa shape index (κ2) is 5.53. The molecule has 0 saturated carbocycles. The molecule has 0 bridgehead atoms. The monoisotopic (exact) mass is 363 g/mol. The lowest BCUT2D eigenvalue weighted by atomic mass is 10.1. The van der Waals surface area contributed by atoms with Gasteiger partial charge >= 0.3 is 0 Å². The Morgan fingerprint density at radius 2 is 1.96 bits per heavy atom. The molecule has 2 N–H and O–H groups in total. The van der Waals surface area contributed by atoms with Crippen LogP contribution < -0.4 is 5.73 Å². The van der Waals surface area contributed by atoms with Crippen molar-refractivity contribution in [1.82, 2.24) is 30.0 Å². The van der Waals surface area contributed by atoms with Crippen molar-refractivity contribution in [3.63, 3.8) is 0 Å². The number of hydrogen-bond donors (Lipinski definition) is 1. The Labute approximate surface area is 149 Å². The molecule has 26 heavy (non-hydrogen) atoms. The Kier molecular flexibility index (Phi) is 3.16. The van der Waals surface area contributed by atoms with E-state index in [0.29, 0.717) is 17.0 Å². The van der Waals surface area contributed by atoms with Gasteiger partial charge in [0.15, 0.2) is 5.82 Å². The summed E-state index contributed by atoms with van der Waals surface area (Å²) in [6.07, 6.45) is 3.55. The third kappa shape index (κ3) is 2.21. The molecule has 1 aromatic carbocycles. The van der Waals surface area contributed by atoms with Crippen LogP contribution in [0.3, 0.4) is 0 Å². The predicted molar refractivity (Wildman–Crippen MR) is 97.0 cm³/mol. The van der Waals surface area contributed by atoms with E-state index in [1.165, 1.54) is 12.1 Å². The first-order valence-electron chi connectivity index (χ1n) is 7.68. The van der Waals surface area contributed by atoms with Crippen LogP contribution in [0.5, 0.6) is 0 Å². The predicted octanol–water partition coefficient (Wildman–Crippen LogP) is 3.18. The quantitative estimate of drug-likeness (QED) is 0.518. The van der Waals surface area contributed by atoms with Crippen LogP contribution >= 0.6 is 11.3 Å². The molecule has 0 fully saturated rings. The van der Waals surface area contributed by atoms with E-state index < -0.39 is 0 Å². The van der Waals surface area contributed by atoms with Crippen LogP contribution in [-0.2, 0) is 0 Å². The summed E-state index contributed by atoms with van der Waals surface area (Å²) in [5.74, 6) is -0.111. The van der Waals surface area contributed by atoms with Crippen molar-refractivity contribution >= 4 is 32.9 Å². The summed E-state index contributed by atoms with van der Waals surface area (Å²) in [6.45, 7) is 0. The first-order valence-corrected chi connectivity index (χ1v) is 8.50. The molecule has 0 amide bonds. The number of benzene rings is 1. The molecule has 0 radical (unpaired) electrons. The number of aromatic nitrogens is 6. The molecule has 0 unspecified atom stereocenters. The first kappa shape index (κ1) is 14.8. The number of tetrazole rings is 1. The van der Waals surface area contributed by atoms with E-state index in [1.54, 1.807) is 40.4 Å². The maximum absolute atomic E-state index is 13.4. The number of nitrogen functional groups attached to an aromatic ring is 1. The van der Waals surface area contributed by atoms with Crippen LogP contribution in [0.25, 0.3) is 37.6 Å². The van der Waals surface area contributed by atoms with Crippen molar-refractivity contribution in [3.8, 4) is 21.8 Å². The van der Waals surface area contributed by atoms with Crippen LogP contribution in [0.2, 0.25) is 0 Å². The maximum atomic E-state index is 13.4. The summed E-state index contributed by atoms with van der Waals surface area (Å²) in [5.41, 5.74) is 8.42. The van der Waals surface area contributed by atoms with Gasteiger partial charge in [-0.1, -0.05) is 0 Å². The van der Waals surface area contributed by atoms with Gasteiger partial charge in [0.05, 0.1) is 4.88 Å². The van der Waals surface area contributed by atoms with Gasteiger partial charge in [-0.05, 0) is 46.8 Å². The highest BCUT2D eigenvalue weighted by Crippen LogP contribution is 2.38. The number of nitrogens with two attached hydrogens (primary N) is 1. The molecule has 4 aromatic heterocycles. The number of halogens is 1. The van der Waals surface area contributed by atoms with Gasteiger partial charge in [-0.3, -0.25) is 4.98 Å². The Morgan fingerprint density at radius 1 is 1.12 bits per heavy atom. The average molecular weight is 363 g/mol. The molecule has 0 atom stereocenters. The lowest BCUT2D eigenvalue weighted by Crippen LogP contribution is -2.04. The highest BCUT2D eigenvalue weighted by molar-refractivity contribution is 7.22. The van der Waals surface area contributed by atoms with E-state index in [9.17, 15) is 4.39 Å². The van der Waals surface area contributed by atoms with Gasteiger partial charge < -0.3 is 5.73 Å². The largest absolute Gasteiger partial charge is 0.380 e. The van der Waals surface area contributed by atoms with Crippen molar-refractivity contribution in [1.29, 1.82) is 0 Å². The van der Waals surface area contributed by atoms with Gasteiger partial charge in [-0.25, -0.2) is 9.37 Å². The number of hydrogen-bond acceptors (Lipinski definition) is 7. The second-order valence-corrected chi connectivity index (χ2v) is 6.72. The third-order valence-electron chi connectivity index (χ3n) is 4.03. The summed E-state index contributed by atoms with van der Waals surface area (Å²) >= 11 is 1.58. The molecule has 0 saturated heterocycles. The summed E-state index contributed by atoms with van der Waals surface area (Å²) in [5, 5.41) is 12.8. The Hall–Kier alpha value is -3.46. The average Bonchev–Trinajstić information content (AvgIpc) is 3.29. The fourth-order valence-electron chi connectivity index (χ4n) is 2.85. The molecule has 5 rings (SSSR count). The fraction of sp³-hybridized carbons (Fsp3) is 0.